The highest BCUT2D eigenvalue weighted by Gasteiger charge is 2.38. The van der Waals surface area contributed by atoms with Crippen LogP contribution in [-0.4, -0.2) is 33.7 Å². The zero-order chi connectivity index (χ0) is 14.8. The monoisotopic (exact) mass is 278 g/mol. The number of rotatable bonds is 4. The van der Waals surface area contributed by atoms with Crippen LogP contribution in [0, 0.1) is 6.92 Å². The van der Waals surface area contributed by atoms with Gasteiger partial charge in [0.05, 0.1) is 5.69 Å². The number of aryl methyl sites for hydroxylation is 1. The van der Waals surface area contributed by atoms with Crippen LogP contribution in [0.25, 0.3) is 0 Å². The minimum atomic E-state index is -0.458. The van der Waals surface area contributed by atoms with Crippen molar-refractivity contribution < 1.29 is 9.53 Å². The molecule has 1 aromatic rings. The predicted octanol–water partition coefficient (Wildman–Crippen LogP) is 1.54. The van der Waals surface area contributed by atoms with Crippen LogP contribution in [0.3, 0.4) is 0 Å². The van der Waals surface area contributed by atoms with Crippen LogP contribution in [0.1, 0.15) is 38.7 Å². The first-order valence-electron chi connectivity index (χ1n) is 6.85. The van der Waals surface area contributed by atoms with Gasteiger partial charge >= 0.3 is 6.09 Å². The standard InChI is InChI=1S/C14H22N4O2/c1-9-15-6-5-10(17-9)8-16-11-7-12(11)18-13(19)20-14(2,3)4/h5-6,11-12,16H,7-8H2,1-4H3,(H,18,19). The van der Waals surface area contributed by atoms with Gasteiger partial charge in [0.2, 0.25) is 0 Å². The van der Waals surface area contributed by atoms with Crippen molar-refractivity contribution in [1.29, 1.82) is 0 Å². The lowest BCUT2D eigenvalue weighted by Gasteiger charge is -2.19. The maximum Gasteiger partial charge on any atom is 0.407 e. The third-order valence-corrected chi connectivity index (χ3v) is 2.87. The highest BCUT2D eigenvalue weighted by atomic mass is 16.6. The molecule has 2 unspecified atom stereocenters. The van der Waals surface area contributed by atoms with E-state index in [9.17, 15) is 4.79 Å². The van der Waals surface area contributed by atoms with Gasteiger partial charge in [-0.05, 0) is 40.2 Å². The number of carbonyl (C=O) groups excluding carboxylic acids is 1. The molecular weight excluding hydrogens is 256 g/mol. The molecule has 1 heterocycles. The molecule has 2 rings (SSSR count). The second-order valence-corrected chi connectivity index (χ2v) is 6.07. The van der Waals surface area contributed by atoms with Crippen molar-refractivity contribution in [2.75, 3.05) is 0 Å². The number of ether oxygens (including phenoxy) is 1. The van der Waals surface area contributed by atoms with Gasteiger partial charge in [-0.3, -0.25) is 0 Å². The maximum atomic E-state index is 11.6. The van der Waals surface area contributed by atoms with Crippen molar-refractivity contribution >= 4 is 6.09 Å². The van der Waals surface area contributed by atoms with Gasteiger partial charge in [0.15, 0.2) is 0 Å². The molecule has 6 heteroatoms. The summed E-state index contributed by atoms with van der Waals surface area (Å²) in [5, 5.41) is 6.21. The summed E-state index contributed by atoms with van der Waals surface area (Å²) in [5.74, 6) is 0.767. The van der Waals surface area contributed by atoms with Gasteiger partial charge < -0.3 is 15.4 Å². The number of hydrogen-bond acceptors (Lipinski definition) is 5. The first-order chi connectivity index (χ1) is 9.33. The summed E-state index contributed by atoms with van der Waals surface area (Å²) < 4.78 is 5.22. The van der Waals surface area contributed by atoms with Gasteiger partial charge in [0.25, 0.3) is 0 Å². The molecule has 110 valence electrons. The molecule has 1 fully saturated rings. The van der Waals surface area contributed by atoms with E-state index >= 15 is 0 Å². The van der Waals surface area contributed by atoms with Gasteiger partial charge in [-0.25, -0.2) is 14.8 Å². The number of nitrogens with zero attached hydrogens (tertiary/aromatic N) is 2. The fraction of sp³-hybridized carbons (Fsp3) is 0.643. The van der Waals surface area contributed by atoms with Crippen LogP contribution in [0.4, 0.5) is 4.79 Å². The number of carbonyl (C=O) groups is 1. The van der Waals surface area contributed by atoms with Crippen LogP contribution in [0.5, 0.6) is 0 Å². The fourth-order valence-electron chi connectivity index (χ4n) is 1.88. The quantitative estimate of drug-likeness (QED) is 0.873. The average molecular weight is 278 g/mol. The number of hydrogen-bond donors (Lipinski definition) is 2. The van der Waals surface area contributed by atoms with E-state index < -0.39 is 5.60 Å². The Bertz CT molecular complexity index is 484. The first kappa shape index (κ1) is 14.7. The van der Waals surface area contributed by atoms with E-state index in [0.717, 1.165) is 17.9 Å². The highest BCUT2D eigenvalue weighted by molar-refractivity contribution is 5.68. The Hall–Kier alpha value is -1.69. The molecule has 1 aromatic heterocycles. The largest absolute Gasteiger partial charge is 0.444 e. The molecule has 0 bridgehead atoms. The SMILES string of the molecule is Cc1nccc(CNC2CC2NC(=O)OC(C)(C)C)n1. The highest BCUT2D eigenvalue weighted by Crippen LogP contribution is 2.22. The Kier molecular flexibility index (Phi) is 4.23. The van der Waals surface area contributed by atoms with E-state index in [4.69, 9.17) is 4.74 Å². The van der Waals surface area contributed by atoms with Crippen molar-refractivity contribution in [2.45, 2.75) is 58.3 Å². The Morgan fingerprint density at radius 2 is 2.20 bits per heavy atom. The predicted molar refractivity (Wildman–Crippen MR) is 75.2 cm³/mol. The van der Waals surface area contributed by atoms with E-state index in [1.807, 2.05) is 33.8 Å². The summed E-state index contributed by atoms with van der Waals surface area (Å²) in [4.78, 5) is 20.0. The third-order valence-electron chi connectivity index (χ3n) is 2.87. The molecule has 1 saturated carbocycles. The number of amides is 1. The van der Waals surface area contributed by atoms with E-state index in [2.05, 4.69) is 20.6 Å². The van der Waals surface area contributed by atoms with E-state index in [1.54, 1.807) is 6.20 Å². The maximum absolute atomic E-state index is 11.6. The van der Waals surface area contributed by atoms with E-state index in [-0.39, 0.29) is 18.2 Å². The van der Waals surface area contributed by atoms with Crippen molar-refractivity contribution in [1.82, 2.24) is 20.6 Å². The molecule has 6 nitrogen and oxygen atoms in total. The second kappa shape index (κ2) is 5.75. The number of alkyl carbamates (subject to hydrolysis) is 1. The zero-order valence-corrected chi connectivity index (χ0v) is 12.4. The van der Waals surface area contributed by atoms with Gasteiger partial charge in [0.1, 0.15) is 11.4 Å². The summed E-state index contributed by atoms with van der Waals surface area (Å²) >= 11 is 0. The molecule has 0 spiro atoms. The molecular formula is C14H22N4O2. The Morgan fingerprint density at radius 1 is 1.45 bits per heavy atom. The number of aromatic nitrogens is 2. The molecule has 0 aromatic carbocycles. The van der Waals surface area contributed by atoms with Crippen LogP contribution in [0.15, 0.2) is 12.3 Å². The van der Waals surface area contributed by atoms with E-state index in [1.165, 1.54) is 0 Å². The fourth-order valence-corrected chi connectivity index (χ4v) is 1.88. The van der Waals surface area contributed by atoms with Crippen LogP contribution < -0.4 is 10.6 Å². The molecule has 1 aliphatic carbocycles. The third kappa shape index (κ3) is 4.77. The molecule has 2 atom stereocenters. The smallest absolute Gasteiger partial charge is 0.407 e. The lowest BCUT2D eigenvalue weighted by atomic mass is 10.2. The normalized spacial score (nSPS) is 21.4. The summed E-state index contributed by atoms with van der Waals surface area (Å²) in [6, 6.07) is 2.32. The molecule has 20 heavy (non-hydrogen) atoms. The number of nitrogens with one attached hydrogen (secondary N) is 2. The Morgan fingerprint density at radius 3 is 2.85 bits per heavy atom. The molecule has 0 aliphatic heterocycles. The van der Waals surface area contributed by atoms with Crippen LogP contribution in [-0.2, 0) is 11.3 Å². The lowest BCUT2D eigenvalue weighted by Crippen LogP contribution is -2.36. The van der Waals surface area contributed by atoms with Crippen molar-refractivity contribution in [3.8, 4) is 0 Å². The first-order valence-corrected chi connectivity index (χ1v) is 6.85. The minimum absolute atomic E-state index is 0.146. The van der Waals surface area contributed by atoms with Gasteiger partial charge in [0, 0.05) is 24.8 Å². The minimum Gasteiger partial charge on any atom is -0.444 e. The summed E-state index contributed by atoms with van der Waals surface area (Å²) in [6.07, 6.45) is 2.32. The van der Waals surface area contributed by atoms with E-state index in [0.29, 0.717) is 6.54 Å². The second-order valence-electron chi connectivity index (χ2n) is 6.07. The average Bonchev–Trinajstić information content (AvgIpc) is 3.02. The van der Waals surface area contributed by atoms with Crippen molar-refractivity contribution in [2.24, 2.45) is 0 Å². The topological polar surface area (TPSA) is 76.1 Å². The van der Waals surface area contributed by atoms with Gasteiger partial charge in [-0.1, -0.05) is 0 Å². The molecule has 1 amide bonds. The van der Waals surface area contributed by atoms with Crippen molar-refractivity contribution in [3.05, 3.63) is 23.8 Å². The van der Waals surface area contributed by atoms with Crippen molar-refractivity contribution in [3.63, 3.8) is 0 Å². The summed E-state index contributed by atoms with van der Waals surface area (Å²) in [6.45, 7) is 8.11. The van der Waals surface area contributed by atoms with Crippen LogP contribution >= 0.6 is 0 Å². The summed E-state index contributed by atoms with van der Waals surface area (Å²) in [5.41, 5.74) is 0.501. The molecule has 0 saturated heterocycles. The molecule has 0 radical (unpaired) electrons. The molecule has 2 N–H and O–H groups in total. The summed E-state index contributed by atoms with van der Waals surface area (Å²) in [7, 11) is 0. The lowest BCUT2D eigenvalue weighted by molar-refractivity contribution is 0.0522. The molecule has 1 aliphatic rings. The van der Waals surface area contributed by atoms with Gasteiger partial charge in [-0.2, -0.15) is 0 Å². The Labute approximate surface area is 119 Å². The Balaban J connectivity index is 1.69. The zero-order valence-electron chi connectivity index (χ0n) is 12.4. The van der Waals surface area contributed by atoms with Gasteiger partial charge in [-0.15, -0.1) is 0 Å². The van der Waals surface area contributed by atoms with Crippen LogP contribution in [0.2, 0.25) is 0 Å².